The summed E-state index contributed by atoms with van der Waals surface area (Å²) in [6, 6.07) is 11.4. The van der Waals surface area contributed by atoms with Crippen LogP contribution in [0.15, 0.2) is 30.3 Å². The van der Waals surface area contributed by atoms with Crippen molar-refractivity contribution < 1.29 is 4.79 Å². The second-order valence-electron chi connectivity index (χ2n) is 4.42. The molecule has 0 aromatic heterocycles. The first kappa shape index (κ1) is 11.8. The van der Waals surface area contributed by atoms with Crippen molar-refractivity contribution in [1.29, 1.82) is 5.26 Å². The monoisotopic (exact) mass is 228 g/mol. The lowest BCUT2D eigenvalue weighted by Crippen LogP contribution is -2.29. The molecule has 1 aliphatic rings. The normalized spacial score (nSPS) is 17.6. The summed E-state index contributed by atoms with van der Waals surface area (Å²) in [4.78, 5) is 14.2. The third-order valence-electron chi connectivity index (χ3n) is 3.16. The Balaban J connectivity index is 2.03. The molecular weight excluding hydrogens is 212 g/mol. The standard InChI is InChI=1S/C14H16N2O/c15-10-13(12-6-2-1-3-7-12)14(17)11-16-8-4-5-9-16/h1-3,6-7,13H,4-5,8-9,11H2/t13-/m1/s1. The second kappa shape index (κ2) is 5.60. The van der Waals surface area contributed by atoms with E-state index >= 15 is 0 Å². The molecule has 0 unspecified atom stereocenters. The molecule has 0 amide bonds. The molecule has 1 saturated heterocycles. The van der Waals surface area contributed by atoms with Crippen molar-refractivity contribution in [1.82, 2.24) is 4.90 Å². The molecule has 3 heteroatoms. The smallest absolute Gasteiger partial charge is 0.168 e. The number of nitriles is 1. The van der Waals surface area contributed by atoms with Crippen LogP contribution in [0, 0.1) is 11.3 Å². The van der Waals surface area contributed by atoms with Crippen LogP contribution in [-0.2, 0) is 4.79 Å². The molecule has 0 bridgehead atoms. The van der Waals surface area contributed by atoms with Gasteiger partial charge in [0.05, 0.1) is 12.6 Å². The Morgan fingerprint density at radius 2 is 1.94 bits per heavy atom. The predicted octanol–water partition coefficient (Wildman–Crippen LogP) is 1.96. The van der Waals surface area contributed by atoms with Crippen LogP contribution in [0.5, 0.6) is 0 Å². The van der Waals surface area contributed by atoms with E-state index in [1.54, 1.807) is 0 Å². The van der Waals surface area contributed by atoms with E-state index < -0.39 is 5.92 Å². The zero-order valence-corrected chi connectivity index (χ0v) is 9.80. The van der Waals surface area contributed by atoms with Gasteiger partial charge in [0.1, 0.15) is 5.92 Å². The Labute approximate surface area is 102 Å². The van der Waals surface area contributed by atoms with Crippen LogP contribution in [-0.4, -0.2) is 30.3 Å². The molecule has 0 radical (unpaired) electrons. The fraction of sp³-hybridized carbons (Fsp3) is 0.429. The summed E-state index contributed by atoms with van der Waals surface area (Å²) in [6.07, 6.45) is 2.33. The van der Waals surface area contributed by atoms with Gasteiger partial charge in [-0.2, -0.15) is 5.26 Å². The van der Waals surface area contributed by atoms with Crippen LogP contribution in [0.4, 0.5) is 0 Å². The highest BCUT2D eigenvalue weighted by Gasteiger charge is 2.23. The quantitative estimate of drug-likeness (QED) is 0.791. The van der Waals surface area contributed by atoms with Crippen molar-refractivity contribution >= 4 is 5.78 Å². The van der Waals surface area contributed by atoms with Crippen LogP contribution in [0.3, 0.4) is 0 Å². The van der Waals surface area contributed by atoms with Gasteiger partial charge in [-0.1, -0.05) is 30.3 Å². The van der Waals surface area contributed by atoms with Crippen LogP contribution < -0.4 is 0 Å². The number of ketones is 1. The van der Waals surface area contributed by atoms with Gasteiger partial charge in [-0.05, 0) is 31.5 Å². The van der Waals surface area contributed by atoms with Crippen molar-refractivity contribution in [3.63, 3.8) is 0 Å². The fourth-order valence-electron chi connectivity index (χ4n) is 2.23. The third kappa shape index (κ3) is 2.92. The minimum absolute atomic E-state index is 0.0144. The largest absolute Gasteiger partial charge is 0.296 e. The van der Waals surface area contributed by atoms with E-state index in [0.29, 0.717) is 6.54 Å². The van der Waals surface area contributed by atoms with Gasteiger partial charge in [-0.25, -0.2) is 0 Å². The summed E-state index contributed by atoms with van der Waals surface area (Å²) >= 11 is 0. The Kier molecular flexibility index (Phi) is 3.89. The highest BCUT2D eigenvalue weighted by molar-refractivity contribution is 5.90. The summed E-state index contributed by atoms with van der Waals surface area (Å²) in [5.41, 5.74) is 0.805. The lowest BCUT2D eigenvalue weighted by molar-refractivity contribution is -0.120. The fourth-order valence-corrected chi connectivity index (χ4v) is 2.23. The topological polar surface area (TPSA) is 44.1 Å². The molecule has 0 saturated carbocycles. The average molecular weight is 228 g/mol. The number of Topliss-reactive ketones (excluding diaryl/α,β-unsaturated/α-hetero) is 1. The maximum atomic E-state index is 12.1. The lowest BCUT2D eigenvalue weighted by Gasteiger charge is -2.15. The number of likely N-dealkylation sites (tertiary alicyclic amines) is 1. The van der Waals surface area contributed by atoms with E-state index in [9.17, 15) is 4.79 Å². The van der Waals surface area contributed by atoms with Crippen molar-refractivity contribution in [2.45, 2.75) is 18.8 Å². The number of hydrogen-bond acceptors (Lipinski definition) is 3. The Morgan fingerprint density at radius 1 is 1.29 bits per heavy atom. The van der Waals surface area contributed by atoms with Gasteiger partial charge in [0.15, 0.2) is 5.78 Å². The molecule has 1 aliphatic heterocycles. The van der Waals surface area contributed by atoms with E-state index in [1.165, 1.54) is 0 Å². The summed E-state index contributed by atoms with van der Waals surface area (Å²) in [7, 11) is 0. The molecule has 88 valence electrons. The van der Waals surface area contributed by atoms with Crippen LogP contribution in [0.25, 0.3) is 0 Å². The van der Waals surface area contributed by atoms with Gasteiger partial charge in [0.25, 0.3) is 0 Å². The number of rotatable bonds is 4. The van der Waals surface area contributed by atoms with E-state index in [4.69, 9.17) is 5.26 Å². The predicted molar refractivity (Wildman–Crippen MR) is 65.5 cm³/mol. The Morgan fingerprint density at radius 3 is 2.53 bits per heavy atom. The first-order valence-electron chi connectivity index (χ1n) is 6.01. The van der Waals surface area contributed by atoms with Crippen LogP contribution in [0.1, 0.15) is 24.3 Å². The molecule has 1 heterocycles. The SMILES string of the molecule is N#C[C@@H](C(=O)CN1CCCC1)c1ccccc1. The van der Waals surface area contributed by atoms with Gasteiger partial charge in [-0.3, -0.25) is 9.69 Å². The molecule has 17 heavy (non-hydrogen) atoms. The van der Waals surface area contributed by atoms with E-state index in [0.717, 1.165) is 31.5 Å². The van der Waals surface area contributed by atoms with Gasteiger partial charge in [0.2, 0.25) is 0 Å². The maximum absolute atomic E-state index is 12.1. The maximum Gasteiger partial charge on any atom is 0.168 e. The number of hydrogen-bond donors (Lipinski definition) is 0. The first-order chi connectivity index (χ1) is 8.31. The molecule has 3 nitrogen and oxygen atoms in total. The zero-order valence-electron chi connectivity index (χ0n) is 9.80. The highest BCUT2D eigenvalue weighted by Crippen LogP contribution is 2.17. The number of nitrogens with zero attached hydrogens (tertiary/aromatic N) is 2. The molecule has 0 aliphatic carbocycles. The van der Waals surface area contributed by atoms with Crippen LogP contribution >= 0.6 is 0 Å². The van der Waals surface area contributed by atoms with E-state index in [2.05, 4.69) is 11.0 Å². The number of carbonyl (C=O) groups excluding carboxylic acids is 1. The third-order valence-corrected chi connectivity index (χ3v) is 3.16. The molecule has 1 atom stereocenters. The Hall–Kier alpha value is -1.66. The highest BCUT2D eigenvalue weighted by atomic mass is 16.1. The summed E-state index contributed by atoms with van der Waals surface area (Å²) in [6.45, 7) is 2.38. The first-order valence-corrected chi connectivity index (χ1v) is 6.01. The summed E-state index contributed by atoms with van der Waals surface area (Å²) in [5, 5.41) is 9.13. The zero-order chi connectivity index (χ0) is 12.1. The molecule has 0 spiro atoms. The number of benzene rings is 1. The molecule has 1 aromatic carbocycles. The summed E-state index contributed by atoms with van der Waals surface area (Å²) in [5.74, 6) is -0.600. The second-order valence-corrected chi connectivity index (χ2v) is 4.42. The van der Waals surface area contributed by atoms with Crippen molar-refractivity contribution in [3.05, 3.63) is 35.9 Å². The van der Waals surface area contributed by atoms with Crippen molar-refractivity contribution in [2.75, 3.05) is 19.6 Å². The molecule has 2 rings (SSSR count). The van der Waals surface area contributed by atoms with Crippen molar-refractivity contribution in [3.8, 4) is 6.07 Å². The van der Waals surface area contributed by atoms with Gasteiger partial charge < -0.3 is 0 Å². The van der Waals surface area contributed by atoms with Gasteiger partial charge in [0, 0.05) is 0 Å². The molecular formula is C14H16N2O. The van der Waals surface area contributed by atoms with Crippen LogP contribution in [0.2, 0.25) is 0 Å². The van der Waals surface area contributed by atoms with E-state index in [1.807, 2.05) is 30.3 Å². The van der Waals surface area contributed by atoms with E-state index in [-0.39, 0.29) is 5.78 Å². The minimum atomic E-state index is -0.614. The lowest BCUT2D eigenvalue weighted by atomic mass is 9.96. The number of carbonyl (C=O) groups is 1. The molecule has 1 fully saturated rings. The molecule has 1 aromatic rings. The Bertz CT molecular complexity index is 416. The molecule has 0 N–H and O–H groups in total. The average Bonchev–Trinajstić information content (AvgIpc) is 2.84. The van der Waals surface area contributed by atoms with Gasteiger partial charge in [-0.15, -0.1) is 0 Å². The minimum Gasteiger partial charge on any atom is -0.296 e. The van der Waals surface area contributed by atoms with Gasteiger partial charge >= 0.3 is 0 Å². The van der Waals surface area contributed by atoms with Crippen molar-refractivity contribution in [2.24, 2.45) is 0 Å². The summed E-state index contributed by atoms with van der Waals surface area (Å²) < 4.78 is 0.